The maximum atomic E-state index is 12.4. The Bertz CT molecular complexity index is 608. The Morgan fingerprint density at radius 1 is 1.29 bits per heavy atom. The van der Waals surface area contributed by atoms with E-state index in [0.29, 0.717) is 18.1 Å². The van der Waals surface area contributed by atoms with Gasteiger partial charge in [0.1, 0.15) is 17.3 Å². The summed E-state index contributed by atoms with van der Waals surface area (Å²) in [6.07, 6.45) is -1.32. The number of benzene rings is 1. The predicted octanol–water partition coefficient (Wildman–Crippen LogP) is 3.83. The number of nitrogens with two attached hydrogens (primary N) is 1. The van der Waals surface area contributed by atoms with E-state index in [1.807, 2.05) is 6.92 Å². The Morgan fingerprint density at radius 2 is 2.00 bits per heavy atom. The van der Waals surface area contributed by atoms with Gasteiger partial charge < -0.3 is 15.0 Å². The molecule has 0 aliphatic rings. The molecule has 0 saturated heterocycles. The van der Waals surface area contributed by atoms with Gasteiger partial charge in [-0.25, -0.2) is 4.98 Å². The van der Waals surface area contributed by atoms with Crippen LogP contribution < -0.4 is 10.5 Å². The van der Waals surface area contributed by atoms with Crippen molar-refractivity contribution in [1.29, 1.82) is 0 Å². The van der Waals surface area contributed by atoms with Crippen LogP contribution in [0.3, 0.4) is 0 Å². The molecule has 0 saturated carbocycles. The van der Waals surface area contributed by atoms with Gasteiger partial charge in [-0.15, -0.1) is 13.2 Å². The third kappa shape index (κ3) is 3.68. The van der Waals surface area contributed by atoms with Crippen LogP contribution in [0.25, 0.3) is 11.3 Å². The Hall–Kier alpha value is -2.18. The highest BCUT2D eigenvalue weighted by Gasteiger charge is 2.32. The highest BCUT2D eigenvalue weighted by Crippen LogP contribution is 2.35. The molecule has 1 aromatic heterocycles. The fourth-order valence-corrected chi connectivity index (χ4v) is 1.98. The number of nitrogen functional groups attached to an aromatic ring is 1. The van der Waals surface area contributed by atoms with Crippen molar-refractivity contribution in [2.45, 2.75) is 32.7 Å². The number of halogens is 3. The van der Waals surface area contributed by atoms with Crippen LogP contribution >= 0.6 is 0 Å². The van der Waals surface area contributed by atoms with E-state index in [1.54, 1.807) is 10.6 Å². The van der Waals surface area contributed by atoms with Gasteiger partial charge in [0.25, 0.3) is 0 Å². The van der Waals surface area contributed by atoms with Crippen molar-refractivity contribution in [2.75, 3.05) is 5.73 Å². The second-order valence-electron chi connectivity index (χ2n) is 4.57. The number of para-hydroxylation sites is 1. The zero-order chi connectivity index (χ0) is 15.5. The molecule has 21 heavy (non-hydrogen) atoms. The van der Waals surface area contributed by atoms with E-state index in [9.17, 15) is 13.2 Å². The number of hydrogen-bond donors (Lipinski definition) is 1. The van der Waals surface area contributed by atoms with Crippen molar-refractivity contribution >= 4 is 5.82 Å². The van der Waals surface area contributed by atoms with Gasteiger partial charge in [-0.1, -0.05) is 25.5 Å². The summed E-state index contributed by atoms with van der Waals surface area (Å²) in [5, 5.41) is 0. The monoisotopic (exact) mass is 299 g/mol. The number of unbranched alkanes of at least 4 members (excludes halogenated alkanes) is 1. The number of rotatable bonds is 5. The standard InChI is InChI=1S/C14H16F3N3O/c1-2-3-8-20-9-19-12(13(20)18)10-6-4-5-7-11(10)21-14(15,16)17/h4-7,9H,2-3,8,18H2,1H3. The largest absolute Gasteiger partial charge is 0.573 e. The van der Waals surface area contributed by atoms with Crippen molar-refractivity contribution in [3.63, 3.8) is 0 Å². The molecule has 0 amide bonds. The maximum Gasteiger partial charge on any atom is 0.573 e. The normalized spacial score (nSPS) is 11.6. The van der Waals surface area contributed by atoms with Gasteiger partial charge in [0.05, 0.1) is 6.33 Å². The van der Waals surface area contributed by atoms with Crippen LogP contribution in [0, 0.1) is 0 Å². The lowest BCUT2D eigenvalue weighted by Gasteiger charge is -2.12. The lowest BCUT2D eigenvalue weighted by atomic mass is 10.1. The smallest absolute Gasteiger partial charge is 0.405 e. The second kappa shape index (κ2) is 6.07. The number of nitrogens with zero attached hydrogens (tertiary/aromatic N) is 2. The molecular weight excluding hydrogens is 283 g/mol. The van der Waals surface area contributed by atoms with E-state index < -0.39 is 6.36 Å². The molecular formula is C14H16F3N3O. The number of imidazole rings is 1. The van der Waals surface area contributed by atoms with Gasteiger partial charge in [-0.2, -0.15) is 0 Å². The van der Waals surface area contributed by atoms with Gasteiger partial charge in [0.15, 0.2) is 0 Å². The van der Waals surface area contributed by atoms with Crippen LogP contribution in [0.4, 0.5) is 19.0 Å². The quantitative estimate of drug-likeness (QED) is 0.913. The van der Waals surface area contributed by atoms with Crippen molar-refractivity contribution < 1.29 is 17.9 Å². The van der Waals surface area contributed by atoms with Crippen LogP contribution in [0.5, 0.6) is 5.75 Å². The molecule has 7 heteroatoms. The van der Waals surface area contributed by atoms with Crippen molar-refractivity contribution in [3.8, 4) is 17.0 Å². The third-order valence-electron chi connectivity index (χ3n) is 3.00. The van der Waals surface area contributed by atoms with E-state index >= 15 is 0 Å². The highest BCUT2D eigenvalue weighted by atomic mass is 19.4. The molecule has 4 nitrogen and oxygen atoms in total. The summed E-state index contributed by atoms with van der Waals surface area (Å²) in [7, 11) is 0. The minimum absolute atomic E-state index is 0.225. The zero-order valence-electron chi connectivity index (χ0n) is 11.5. The predicted molar refractivity (Wildman–Crippen MR) is 73.7 cm³/mol. The number of aryl methyl sites for hydroxylation is 1. The van der Waals surface area contributed by atoms with Gasteiger partial charge >= 0.3 is 6.36 Å². The summed E-state index contributed by atoms with van der Waals surface area (Å²) in [6, 6.07) is 5.83. The Labute approximate surface area is 120 Å². The number of alkyl halides is 3. The average molecular weight is 299 g/mol. The van der Waals surface area contributed by atoms with Gasteiger partial charge in [-0.3, -0.25) is 0 Å². The molecule has 0 bridgehead atoms. The third-order valence-corrected chi connectivity index (χ3v) is 3.00. The summed E-state index contributed by atoms with van der Waals surface area (Å²) in [5.74, 6) is 0.0270. The molecule has 0 radical (unpaired) electrons. The lowest BCUT2D eigenvalue weighted by molar-refractivity contribution is -0.274. The van der Waals surface area contributed by atoms with Gasteiger partial charge in [0, 0.05) is 12.1 Å². The van der Waals surface area contributed by atoms with Gasteiger partial charge in [-0.05, 0) is 18.6 Å². The van der Waals surface area contributed by atoms with Crippen molar-refractivity contribution in [1.82, 2.24) is 9.55 Å². The van der Waals surface area contributed by atoms with E-state index in [4.69, 9.17) is 5.73 Å². The summed E-state index contributed by atoms with van der Waals surface area (Å²) in [4.78, 5) is 4.12. The fourth-order valence-electron chi connectivity index (χ4n) is 1.98. The summed E-state index contributed by atoms with van der Waals surface area (Å²) >= 11 is 0. The Morgan fingerprint density at radius 3 is 2.67 bits per heavy atom. The number of aromatic nitrogens is 2. The number of ether oxygens (including phenoxy) is 1. The van der Waals surface area contributed by atoms with Crippen LogP contribution in [0.2, 0.25) is 0 Å². The first-order valence-electron chi connectivity index (χ1n) is 6.58. The maximum absolute atomic E-state index is 12.4. The first-order chi connectivity index (χ1) is 9.92. The summed E-state index contributed by atoms with van der Waals surface area (Å²) < 4.78 is 43.0. The second-order valence-corrected chi connectivity index (χ2v) is 4.57. The molecule has 0 atom stereocenters. The highest BCUT2D eigenvalue weighted by molar-refractivity contribution is 5.75. The minimum atomic E-state index is -4.75. The van der Waals surface area contributed by atoms with Crippen LogP contribution in [-0.2, 0) is 6.54 Å². The van der Waals surface area contributed by atoms with Crippen LogP contribution in [-0.4, -0.2) is 15.9 Å². The van der Waals surface area contributed by atoms with E-state index in [1.165, 1.54) is 24.5 Å². The fraction of sp³-hybridized carbons (Fsp3) is 0.357. The van der Waals surface area contributed by atoms with E-state index in [0.717, 1.165) is 12.8 Å². The first kappa shape index (κ1) is 15.2. The minimum Gasteiger partial charge on any atom is -0.405 e. The Kier molecular flexibility index (Phi) is 4.40. The van der Waals surface area contributed by atoms with Crippen molar-refractivity contribution in [3.05, 3.63) is 30.6 Å². The summed E-state index contributed by atoms with van der Waals surface area (Å²) in [6.45, 7) is 2.72. The van der Waals surface area contributed by atoms with E-state index in [2.05, 4.69) is 9.72 Å². The molecule has 1 aromatic carbocycles. The Balaban J connectivity index is 2.36. The molecule has 0 aliphatic carbocycles. The summed E-state index contributed by atoms with van der Waals surface area (Å²) in [5.41, 5.74) is 6.49. The van der Waals surface area contributed by atoms with Crippen LogP contribution in [0.15, 0.2) is 30.6 Å². The average Bonchev–Trinajstić information content (AvgIpc) is 2.76. The van der Waals surface area contributed by atoms with E-state index in [-0.39, 0.29) is 11.3 Å². The SMILES string of the molecule is CCCCn1cnc(-c2ccccc2OC(F)(F)F)c1N. The topological polar surface area (TPSA) is 53.1 Å². The van der Waals surface area contributed by atoms with Crippen LogP contribution in [0.1, 0.15) is 19.8 Å². The molecule has 1 heterocycles. The molecule has 2 aromatic rings. The van der Waals surface area contributed by atoms with Gasteiger partial charge in [0.2, 0.25) is 0 Å². The lowest BCUT2D eigenvalue weighted by Crippen LogP contribution is -2.17. The zero-order valence-corrected chi connectivity index (χ0v) is 11.5. The molecule has 2 N–H and O–H groups in total. The molecule has 0 unspecified atom stereocenters. The molecule has 0 fully saturated rings. The molecule has 2 rings (SSSR count). The molecule has 0 aliphatic heterocycles. The molecule has 0 spiro atoms. The number of hydrogen-bond acceptors (Lipinski definition) is 3. The van der Waals surface area contributed by atoms with Crippen molar-refractivity contribution in [2.24, 2.45) is 0 Å². The number of anilines is 1. The first-order valence-corrected chi connectivity index (χ1v) is 6.58. The molecule has 114 valence electrons.